The van der Waals surface area contributed by atoms with E-state index >= 15 is 0 Å². The zero-order chi connectivity index (χ0) is 8.97. The summed E-state index contributed by atoms with van der Waals surface area (Å²) in [6, 6.07) is 5.14. The standard InChI is InChI=1S/C9H7BrOS/c10-8-3-4-9(11)7(6-8)2-1-5-12/h3-4,6,11-12H,5H2. The minimum Gasteiger partial charge on any atom is -0.507 e. The summed E-state index contributed by atoms with van der Waals surface area (Å²) in [4.78, 5) is 0. The van der Waals surface area contributed by atoms with Gasteiger partial charge in [0.2, 0.25) is 0 Å². The van der Waals surface area contributed by atoms with Crippen molar-refractivity contribution in [3.8, 4) is 17.6 Å². The number of aromatic hydroxyl groups is 1. The summed E-state index contributed by atoms with van der Waals surface area (Å²) in [5, 5.41) is 9.31. The third-order valence-corrected chi connectivity index (χ3v) is 1.91. The average Bonchev–Trinajstić information content (AvgIpc) is 2.07. The van der Waals surface area contributed by atoms with Crippen molar-refractivity contribution in [1.82, 2.24) is 0 Å². The summed E-state index contributed by atoms with van der Waals surface area (Å²) in [7, 11) is 0. The molecule has 1 nitrogen and oxygen atoms in total. The number of phenols is 1. The van der Waals surface area contributed by atoms with Crippen molar-refractivity contribution in [3.05, 3.63) is 28.2 Å². The van der Waals surface area contributed by atoms with Gasteiger partial charge in [-0.15, -0.1) is 0 Å². The van der Waals surface area contributed by atoms with Gasteiger partial charge in [0.05, 0.1) is 11.3 Å². The number of hydrogen-bond donors (Lipinski definition) is 2. The van der Waals surface area contributed by atoms with Gasteiger partial charge in [0.15, 0.2) is 0 Å². The molecule has 0 fully saturated rings. The molecule has 0 saturated carbocycles. The zero-order valence-corrected chi connectivity index (χ0v) is 8.69. The maximum Gasteiger partial charge on any atom is 0.131 e. The molecule has 0 unspecified atom stereocenters. The summed E-state index contributed by atoms with van der Waals surface area (Å²) in [6.07, 6.45) is 0. The Morgan fingerprint density at radius 1 is 1.50 bits per heavy atom. The Bertz CT molecular complexity index is 338. The third-order valence-electron chi connectivity index (χ3n) is 1.26. The van der Waals surface area contributed by atoms with Gasteiger partial charge in [0.1, 0.15) is 5.75 Å². The van der Waals surface area contributed by atoms with E-state index in [-0.39, 0.29) is 5.75 Å². The maximum absolute atomic E-state index is 9.31. The Morgan fingerprint density at radius 2 is 2.25 bits per heavy atom. The minimum atomic E-state index is 0.201. The first-order chi connectivity index (χ1) is 5.74. The zero-order valence-electron chi connectivity index (χ0n) is 6.21. The van der Waals surface area contributed by atoms with Crippen LogP contribution in [-0.4, -0.2) is 10.9 Å². The van der Waals surface area contributed by atoms with Crippen LogP contribution in [0.25, 0.3) is 0 Å². The van der Waals surface area contributed by atoms with Crippen LogP contribution >= 0.6 is 28.6 Å². The normalized spacial score (nSPS) is 8.83. The molecule has 1 aromatic carbocycles. The van der Waals surface area contributed by atoms with Gasteiger partial charge in [0.25, 0.3) is 0 Å². The number of phenolic OH excluding ortho intramolecular Hbond substituents is 1. The van der Waals surface area contributed by atoms with Crippen LogP contribution in [0.5, 0.6) is 5.75 Å². The Labute approximate surface area is 85.3 Å². The van der Waals surface area contributed by atoms with Crippen LogP contribution in [0.2, 0.25) is 0 Å². The molecule has 0 spiro atoms. The van der Waals surface area contributed by atoms with E-state index in [1.807, 2.05) is 0 Å². The van der Waals surface area contributed by atoms with Gasteiger partial charge in [-0.3, -0.25) is 0 Å². The molecular weight excluding hydrogens is 236 g/mol. The van der Waals surface area contributed by atoms with Gasteiger partial charge in [0, 0.05) is 4.47 Å². The first kappa shape index (κ1) is 9.50. The van der Waals surface area contributed by atoms with E-state index in [2.05, 4.69) is 40.4 Å². The highest BCUT2D eigenvalue weighted by atomic mass is 79.9. The lowest BCUT2D eigenvalue weighted by molar-refractivity contribution is 0.473. The summed E-state index contributed by atoms with van der Waals surface area (Å²) in [5.74, 6) is 6.26. The molecule has 0 radical (unpaired) electrons. The third kappa shape index (κ3) is 2.47. The molecule has 0 aromatic heterocycles. The molecule has 0 aliphatic carbocycles. The van der Waals surface area contributed by atoms with Crippen molar-refractivity contribution in [1.29, 1.82) is 0 Å². The van der Waals surface area contributed by atoms with Crippen molar-refractivity contribution in [2.24, 2.45) is 0 Å². The lowest BCUT2D eigenvalue weighted by Crippen LogP contribution is -1.76. The molecular formula is C9H7BrOS. The summed E-state index contributed by atoms with van der Waals surface area (Å²) < 4.78 is 0.906. The van der Waals surface area contributed by atoms with Gasteiger partial charge >= 0.3 is 0 Å². The van der Waals surface area contributed by atoms with Gasteiger partial charge in [-0.25, -0.2) is 0 Å². The van der Waals surface area contributed by atoms with Crippen molar-refractivity contribution in [2.75, 3.05) is 5.75 Å². The van der Waals surface area contributed by atoms with E-state index < -0.39 is 0 Å². The largest absolute Gasteiger partial charge is 0.507 e. The highest BCUT2D eigenvalue weighted by molar-refractivity contribution is 9.10. The van der Waals surface area contributed by atoms with Crippen LogP contribution in [0.15, 0.2) is 22.7 Å². The molecule has 0 amide bonds. The second-order valence-electron chi connectivity index (χ2n) is 2.12. The summed E-state index contributed by atoms with van der Waals surface area (Å²) in [5.41, 5.74) is 0.624. The Morgan fingerprint density at radius 3 is 2.92 bits per heavy atom. The predicted octanol–water partition coefficient (Wildman–Crippen LogP) is 2.44. The molecule has 0 atom stereocenters. The molecule has 62 valence electrons. The predicted molar refractivity (Wildman–Crippen MR) is 56.5 cm³/mol. The molecule has 0 aliphatic rings. The van der Waals surface area contributed by atoms with E-state index in [0.717, 1.165) is 4.47 Å². The van der Waals surface area contributed by atoms with Crippen LogP contribution in [-0.2, 0) is 0 Å². The number of benzene rings is 1. The summed E-state index contributed by atoms with van der Waals surface area (Å²) >= 11 is 7.23. The van der Waals surface area contributed by atoms with Crippen LogP contribution in [0.3, 0.4) is 0 Å². The van der Waals surface area contributed by atoms with Crippen molar-refractivity contribution >= 4 is 28.6 Å². The number of rotatable bonds is 0. The van der Waals surface area contributed by atoms with Gasteiger partial charge in [-0.05, 0) is 18.2 Å². The van der Waals surface area contributed by atoms with Gasteiger partial charge in [-0.1, -0.05) is 27.8 Å². The van der Waals surface area contributed by atoms with Crippen LogP contribution in [0, 0.1) is 11.8 Å². The molecule has 0 saturated heterocycles. The van der Waals surface area contributed by atoms with E-state index in [0.29, 0.717) is 11.3 Å². The fraction of sp³-hybridized carbons (Fsp3) is 0.111. The van der Waals surface area contributed by atoms with Crippen LogP contribution in [0.4, 0.5) is 0 Å². The number of hydrogen-bond acceptors (Lipinski definition) is 2. The van der Waals surface area contributed by atoms with Crippen LogP contribution < -0.4 is 0 Å². The lowest BCUT2D eigenvalue weighted by Gasteiger charge is -1.96. The molecule has 1 rings (SSSR count). The van der Waals surface area contributed by atoms with Crippen LogP contribution in [0.1, 0.15) is 5.56 Å². The second-order valence-corrected chi connectivity index (χ2v) is 3.35. The first-order valence-electron chi connectivity index (χ1n) is 3.32. The molecule has 0 heterocycles. The quantitative estimate of drug-likeness (QED) is 0.529. The molecule has 0 aliphatic heterocycles. The Hall–Kier alpha value is -0.590. The topological polar surface area (TPSA) is 20.2 Å². The smallest absolute Gasteiger partial charge is 0.131 e. The van der Waals surface area contributed by atoms with Gasteiger partial charge < -0.3 is 5.11 Å². The van der Waals surface area contributed by atoms with E-state index in [9.17, 15) is 5.11 Å². The average molecular weight is 243 g/mol. The molecule has 0 bridgehead atoms. The number of halogens is 1. The fourth-order valence-corrected chi connectivity index (χ4v) is 1.18. The highest BCUT2D eigenvalue weighted by Gasteiger charge is 1.96. The molecule has 1 N–H and O–H groups in total. The molecule has 1 aromatic rings. The van der Waals surface area contributed by atoms with Crippen molar-refractivity contribution < 1.29 is 5.11 Å². The number of thiol groups is 1. The first-order valence-corrected chi connectivity index (χ1v) is 4.75. The molecule has 12 heavy (non-hydrogen) atoms. The summed E-state index contributed by atoms with van der Waals surface area (Å²) in [6.45, 7) is 0. The van der Waals surface area contributed by atoms with E-state index in [1.165, 1.54) is 0 Å². The fourth-order valence-electron chi connectivity index (χ4n) is 0.743. The minimum absolute atomic E-state index is 0.201. The van der Waals surface area contributed by atoms with E-state index in [4.69, 9.17) is 0 Å². The second kappa shape index (κ2) is 4.44. The van der Waals surface area contributed by atoms with Crippen molar-refractivity contribution in [3.63, 3.8) is 0 Å². The van der Waals surface area contributed by atoms with Gasteiger partial charge in [-0.2, -0.15) is 12.6 Å². The lowest BCUT2D eigenvalue weighted by atomic mass is 10.2. The van der Waals surface area contributed by atoms with Crippen molar-refractivity contribution in [2.45, 2.75) is 0 Å². The Balaban J connectivity index is 3.05. The highest BCUT2D eigenvalue weighted by Crippen LogP contribution is 2.20. The monoisotopic (exact) mass is 242 g/mol. The maximum atomic E-state index is 9.31. The SMILES string of the molecule is Oc1ccc(Br)cc1C#CCS. The van der Waals surface area contributed by atoms with E-state index in [1.54, 1.807) is 18.2 Å². The Kier molecular flexibility index (Phi) is 3.51. The molecule has 3 heteroatoms.